The molecule has 0 saturated heterocycles. The van der Waals surface area contributed by atoms with Gasteiger partial charge < -0.3 is 11.1 Å². The molecule has 1 aromatic heterocycles. The van der Waals surface area contributed by atoms with Crippen molar-refractivity contribution in [2.75, 3.05) is 6.54 Å². The lowest BCUT2D eigenvalue weighted by Crippen LogP contribution is -2.31. The zero-order valence-corrected chi connectivity index (χ0v) is 22.1. The lowest BCUT2D eigenvalue weighted by Gasteiger charge is -2.22. The smallest absolute Gasteiger partial charge is 0.251 e. The summed E-state index contributed by atoms with van der Waals surface area (Å²) in [7, 11) is -3.82. The number of sulfonamides is 1. The van der Waals surface area contributed by atoms with Gasteiger partial charge in [0.25, 0.3) is 5.91 Å². The number of rotatable bonds is 11. The largest absolute Gasteiger partial charge is 0.351 e. The first-order valence-electron chi connectivity index (χ1n) is 12.5. The van der Waals surface area contributed by atoms with Gasteiger partial charge in [0.2, 0.25) is 10.0 Å². The molecule has 3 aromatic carbocycles. The molecule has 0 aliphatic heterocycles. The summed E-state index contributed by atoms with van der Waals surface area (Å²) in [5.41, 5.74) is 9.60. The number of hydrogen-bond acceptors (Lipinski definition) is 5. The van der Waals surface area contributed by atoms with Crippen LogP contribution in [0.25, 0.3) is 0 Å². The van der Waals surface area contributed by atoms with Gasteiger partial charge in [-0.2, -0.15) is 4.31 Å². The molecule has 1 amide bonds. The highest BCUT2D eigenvalue weighted by Gasteiger charge is 2.25. The summed E-state index contributed by atoms with van der Waals surface area (Å²) in [6.45, 7) is 3.16. The highest BCUT2D eigenvalue weighted by molar-refractivity contribution is 7.89. The van der Waals surface area contributed by atoms with E-state index in [1.54, 1.807) is 66.9 Å². The summed E-state index contributed by atoms with van der Waals surface area (Å²) >= 11 is 0. The van der Waals surface area contributed by atoms with Crippen molar-refractivity contribution in [3.63, 3.8) is 0 Å². The van der Waals surface area contributed by atoms with Crippen LogP contribution in [0.15, 0.2) is 108 Å². The number of carbonyl (C=O) groups excluding carboxylic acids is 1. The molecule has 0 aliphatic carbocycles. The fourth-order valence-corrected chi connectivity index (χ4v) is 5.46. The lowest BCUT2D eigenvalue weighted by molar-refractivity contribution is 0.0951. The molecule has 0 radical (unpaired) electrons. The van der Waals surface area contributed by atoms with E-state index in [0.717, 1.165) is 16.7 Å². The summed E-state index contributed by atoms with van der Waals surface area (Å²) < 4.78 is 28.6. The van der Waals surface area contributed by atoms with Gasteiger partial charge in [0, 0.05) is 31.4 Å². The molecule has 196 valence electrons. The number of aromatic nitrogens is 1. The van der Waals surface area contributed by atoms with E-state index in [9.17, 15) is 13.2 Å². The minimum absolute atomic E-state index is 0.113. The molecule has 0 bridgehead atoms. The van der Waals surface area contributed by atoms with Crippen LogP contribution < -0.4 is 11.1 Å². The van der Waals surface area contributed by atoms with Gasteiger partial charge in [0.15, 0.2) is 0 Å². The highest BCUT2D eigenvalue weighted by atomic mass is 32.2. The van der Waals surface area contributed by atoms with E-state index in [1.807, 2.05) is 36.4 Å². The standard InChI is InChI=1S/C30H32N4O3S/c1-23(26-7-3-2-4-8-26)20-33-30(35)27-14-10-25(11-15-27)21-34(22-28-9-5-6-18-32-28)38(36,37)29-16-12-24(19-31)13-17-29/h2-18,23H,19-22,31H2,1H3,(H,33,35). The van der Waals surface area contributed by atoms with E-state index >= 15 is 0 Å². The van der Waals surface area contributed by atoms with Crippen LogP contribution in [0.4, 0.5) is 0 Å². The fourth-order valence-electron chi connectivity index (χ4n) is 4.06. The zero-order chi connectivity index (χ0) is 27.0. The van der Waals surface area contributed by atoms with Crippen molar-refractivity contribution in [3.05, 3.63) is 131 Å². The van der Waals surface area contributed by atoms with Crippen molar-refractivity contribution < 1.29 is 13.2 Å². The minimum Gasteiger partial charge on any atom is -0.351 e. The molecular formula is C30H32N4O3S. The van der Waals surface area contributed by atoms with Crippen molar-refractivity contribution in [1.29, 1.82) is 0 Å². The van der Waals surface area contributed by atoms with Gasteiger partial charge in [0.05, 0.1) is 17.1 Å². The molecule has 1 heterocycles. The third-order valence-electron chi connectivity index (χ3n) is 6.37. The fraction of sp³-hybridized carbons (Fsp3) is 0.200. The number of hydrogen-bond donors (Lipinski definition) is 2. The van der Waals surface area contributed by atoms with Gasteiger partial charge in [-0.3, -0.25) is 9.78 Å². The van der Waals surface area contributed by atoms with E-state index in [2.05, 4.69) is 17.2 Å². The topological polar surface area (TPSA) is 105 Å². The van der Waals surface area contributed by atoms with Crippen LogP contribution in [0.3, 0.4) is 0 Å². The van der Waals surface area contributed by atoms with Gasteiger partial charge in [-0.1, -0.05) is 67.6 Å². The molecule has 0 saturated carbocycles. The van der Waals surface area contributed by atoms with Crippen molar-refractivity contribution in [3.8, 4) is 0 Å². The summed E-state index contributed by atoms with van der Waals surface area (Å²) in [4.78, 5) is 17.2. The van der Waals surface area contributed by atoms with Crippen LogP contribution >= 0.6 is 0 Å². The number of benzene rings is 3. The first kappa shape index (κ1) is 27.2. The Morgan fingerprint density at radius 2 is 1.53 bits per heavy atom. The second-order valence-electron chi connectivity index (χ2n) is 9.16. The lowest BCUT2D eigenvalue weighted by atomic mass is 10.0. The number of nitrogens with one attached hydrogen (secondary N) is 1. The monoisotopic (exact) mass is 528 g/mol. The highest BCUT2D eigenvalue weighted by Crippen LogP contribution is 2.22. The van der Waals surface area contributed by atoms with E-state index in [-0.39, 0.29) is 29.8 Å². The predicted molar refractivity (Wildman–Crippen MR) is 149 cm³/mol. The van der Waals surface area contributed by atoms with Crippen LogP contribution in [0.1, 0.15) is 45.6 Å². The Labute approximate surface area is 224 Å². The Kier molecular flexibility index (Phi) is 9.02. The second kappa shape index (κ2) is 12.6. The number of nitrogens with two attached hydrogens (primary N) is 1. The van der Waals surface area contributed by atoms with E-state index in [1.165, 1.54) is 4.31 Å². The predicted octanol–water partition coefficient (Wildman–Crippen LogP) is 4.46. The van der Waals surface area contributed by atoms with Crippen LogP contribution in [-0.2, 0) is 29.7 Å². The third-order valence-corrected chi connectivity index (χ3v) is 8.18. The summed E-state index contributed by atoms with van der Waals surface area (Å²) in [5.74, 6) is 0.0148. The summed E-state index contributed by atoms with van der Waals surface area (Å²) in [6.07, 6.45) is 1.64. The van der Waals surface area contributed by atoms with Crippen LogP contribution in [-0.4, -0.2) is 30.2 Å². The van der Waals surface area contributed by atoms with E-state index in [4.69, 9.17) is 5.73 Å². The summed E-state index contributed by atoms with van der Waals surface area (Å²) in [6, 6.07) is 29.0. The number of nitrogens with zero attached hydrogens (tertiary/aromatic N) is 2. The average molecular weight is 529 g/mol. The van der Waals surface area contributed by atoms with Crippen LogP contribution in [0, 0.1) is 0 Å². The molecule has 1 unspecified atom stereocenters. The van der Waals surface area contributed by atoms with Gasteiger partial charge >= 0.3 is 0 Å². The molecule has 4 aromatic rings. The molecule has 0 spiro atoms. The maximum atomic E-state index is 13.6. The first-order valence-corrected chi connectivity index (χ1v) is 13.9. The zero-order valence-electron chi connectivity index (χ0n) is 21.3. The Balaban J connectivity index is 1.48. The van der Waals surface area contributed by atoms with Gasteiger partial charge in [-0.25, -0.2) is 8.42 Å². The van der Waals surface area contributed by atoms with Crippen LogP contribution in [0.5, 0.6) is 0 Å². The molecule has 0 aliphatic rings. The van der Waals surface area contributed by atoms with Gasteiger partial charge in [-0.15, -0.1) is 0 Å². The van der Waals surface area contributed by atoms with Gasteiger partial charge in [0.1, 0.15) is 0 Å². The van der Waals surface area contributed by atoms with Gasteiger partial charge in [-0.05, 0) is 59.0 Å². The maximum absolute atomic E-state index is 13.6. The summed E-state index contributed by atoms with van der Waals surface area (Å²) in [5, 5.41) is 2.98. The molecule has 4 rings (SSSR count). The third kappa shape index (κ3) is 6.92. The number of amides is 1. The molecule has 7 nitrogen and oxygen atoms in total. The molecule has 1 atom stereocenters. The molecule has 3 N–H and O–H groups in total. The average Bonchev–Trinajstić information content (AvgIpc) is 2.96. The van der Waals surface area contributed by atoms with Crippen molar-refractivity contribution in [1.82, 2.24) is 14.6 Å². The normalized spacial score (nSPS) is 12.3. The van der Waals surface area contributed by atoms with Crippen LogP contribution in [0.2, 0.25) is 0 Å². The Hall–Kier alpha value is -3.85. The SMILES string of the molecule is CC(CNC(=O)c1ccc(CN(Cc2ccccn2)S(=O)(=O)c2ccc(CN)cc2)cc1)c1ccccc1. The van der Waals surface area contributed by atoms with E-state index in [0.29, 0.717) is 24.3 Å². The quantitative estimate of drug-likeness (QED) is 0.299. The van der Waals surface area contributed by atoms with Crippen molar-refractivity contribution >= 4 is 15.9 Å². The molecule has 8 heteroatoms. The van der Waals surface area contributed by atoms with Crippen molar-refractivity contribution in [2.45, 2.75) is 37.4 Å². The Morgan fingerprint density at radius 1 is 0.868 bits per heavy atom. The van der Waals surface area contributed by atoms with E-state index < -0.39 is 10.0 Å². The molecular weight excluding hydrogens is 496 g/mol. The Bertz CT molecular complexity index is 1430. The maximum Gasteiger partial charge on any atom is 0.251 e. The number of carbonyl (C=O) groups is 1. The second-order valence-corrected chi connectivity index (χ2v) is 11.1. The van der Waals surface area contributed by atoms with Crippen molar-refractivity contribution in [2.24, 2.45) is 5.73 Å². The minimum atomic E-state index is -3.82. The molecule has 0 fully saturated rings. The molecule has 38 heavy (non-hydrogen) atoms. The first-order chi connectivity index (χ1) is 18.4. The number of pyridine rings is 1. The Morgan fingerprint density at radius 3 is 2.16 bits per heavy atom.